The molecule has 2 heterocycles. The minimum absolute atomic E-state index is 0.0776. The molecule has 0 unspecified atom stereocenters. The summed E-state index contributed by atoms with van der Waals surface area (Å²) in [6.45, 7) is 3.04. The van der Waals surface area contributed by atoms with Gasteiger partial charge in [-0.05, 0) is 31.5 Å². The maximum atomic E-state index is 13.8. The fraction of sp³-hybridized carbons (Fsp3) is 0.562. The van der Waals surface area contributed by atoms with Crippen LogP contribution in [-0.2, 0) is 4.79 Å². The van der Waals surface area contributed by atoms with E-state index in [9.17, 15) is 13.6 Å². The second-order valence-corrected chi connectivity index (χ2v) is 5.91. The lowest BCUT2D eigenvalue weighted by Crippen LogP contribution is -2.55. The number of carbonyl (C=O) groups is 1. The smallest absolute Gasteiger partial charge is 0.239 e. The first-order valence-corrected chi connectivity index (χ1v) is 7.87. The highest BCUT2D eigenvalue weighted by Crippen LogP contribution is 2.22. The Labute approximate surface area is 129 Å². The lowest BCUT2D eigenvalue weighted by molar-refractivity contribution is -0.134. The number of piperazine rings is 1. The van der Waals surface area contributed by atoms with Crippen LogP contribution in [0, 0.1) is 11.6 Å². The van der Waals surface area contributed by atoms with Gasteiger partial charge < -0.3 is 15.1 Å². The molecule has 0 saturated carbocycles. The molecule has 22 heavy (non-hydrogen) atoms. The molecule has 1 aromatic carbocycles. The number of hydrogen-bond donors (Lipinski definition) is 1. The molecule has 0 spiro atoms. The number of nitrogens with zero attached hydrogens (tertiary/aromatic N) is 2. The van der Waals surface area contributed by atoms with E-state index in [1.54, 1.807) is 4.90 Å². The molecule has 120 valence electrons. The number of halogens is 2. The van der Waals surface area contributed by atoms with E-state index in [-0.39, 0.29) is 17.6 Å². The Morgan fingerprint density at radius 3 is 2.59 bits per heavy atom. The number of carbonyl (C=O) groups excluding carboxylic acids is 1. The van der Waals surface area contributed by atoms with Crippen LogP contribution in [0.1, 0.15) is 19.3 Å². The van der Waals surface area contributed by atoms with Gasteiger partial charge in [-0.25, -0.2) is 8.78 Å². The molecule has 2 aliphatic heterocycles. The second-order valence-electron chi connectivity index (χ2n) is 5.91. The Balaban J connectivity index is 1.60. The van der Waals surface area contributed by atoms with Crippen molar-refractivity contribution in [2.45, 2.75) is 25.3 Å². The molecule has 1 atom stereocenters. The average Bonchev–Trinajstić information content (AvgIpc) is 2.57. The summed E-state index contributed by atoms with van der Waals surface area (Å²) in [5.74, 6) is -0.726. The van der Waals surface area contributed by atoms with E-state index in [2.05, 4.69) is 5.32 Å². The van der Waals surface area contributed by atoms with Gasteiger partial charge in [-0.15, -0.1) is 0 Å². The SMILES string of the molecule is O=C([C@H]1CCCCN1)N1CCN(c2cc(F)ccc2F)CC1. The molecular weight excluding hydrogens is 288 g/mol. The van der Waals surface area contributed by atoms with E-state index in [0.29, 0.717) is 26.2 Å². The number of amides is 1. The fourth-order valence-corrected chi connectivity index (χ4v) is 3.18. The van der Waals surface area contributed by atoms with E-state index in [0.717, 1.165) is 37.9 Å². The third kappa shape index (κ3) is 3.21. The highest BCUT2D eigenvalue weighted by Gasteiger charge is 2.28. The summed E-state index contributed by atoms with van der Waals surface area (Å²) in [7, 11) is 0. The Bertz CT molecular complexity index is 538. The molecule has 2 fully saturated rings. The standard InChI is InChI=1S/C16H21F2N3O/c17-12-4-5-13(18)15(11-12)20-7-9-21(10-8-20)16(22)14-3-1-2-6-19-14/h4-5,11,14,19H,1-3,6-10H2/t14-/m1/s1. The summed E-state index contributed by atoms with van der Waals surface area (Å²) in [4.78, 5) is 16.1. The highest BCUT2D eigenvalue weighted by atomic mass is 19.1. The van der Waals surface area contributed by atoms with Gasteiger partial charge in [0.1, 0.15) is 11.6 Å². The van der Waals surface area contributed by atoms with Gasteiger partial charge in [0.15, 0.2) is 0 Å². The van der Waals surface area contributed by atoms with Crippen molar-refractivity contribution >= 4 is 11.6 Å². The number of benzene rings is 1. The van der Waals surface area contributed by atoms with Crippen LogP contribution in [-0.4, -0.2) is 49.6 Å². The maximum absolute atomic E-state index is 13.8. The summed E-state index contributed by atoms with van der Waals surface area (Å²) in [5, 5.41) is 3.26. The van der Waals surface area contributed by atoms with Crippen LogP contribution in [0.5, 0.6) is 0 Å². The second kappa shape index (κ2) is 6.60. The van der Waals surface area contributed by atoms with Crippen molar-refractivity contribution in [3.05, 3.63) is 29.8 Å². The predicted molar refractivity (Wildman–Crippen MR) is 80.8 cm³/mol. The van der Waals surface area contributed by atoms with Gasteiger partial charge in [0.25, 0.3) is 0 Å². The van der Waals surface area contributed by atoms with Gasteiger partial charge in [-0.1, -0.05) is 6.42 Å². The molecule has 1 aromatic rings. The van der Waals surface area contributed by atoms with Crippen LogP contribution < -0.4 is 10.2 Å². The van der Waals surface area contributed by atoms with Crippen molar-refractivity contribution in [2.75, 3.05) is 37.6 Å². The molecule has 1 N–H and O–H groups in total. The first-order valence-electron chi connectivity index (χ1n) is 7.87. The van der Waals surface area contributed by atoms with E-state index in [1.807, 2.05) is 4.90 Å². The zero-order chi connectivity index (χ0) is 15.5. The molecule has 2 saturated heterocycles. The molecule has 6 heteroatoms. The molecule has 3 rings (SSSR count). The number of nitrogens with one attached hydrogen (secondary N) is 1. The molecule has 4 nitrogen and oxygen atoms in total. The summed E-state index contributed by atoms with van der Waals surface area (Å²) in [5.41, 5.74) is 0.280. The van der Waals surface area contributed by atoms with Crippen molar-refractivity contribution in [3.63, 3.8) is 0 Å². The largest absolute Gasteiger partial charge is 0.366 e. The Hall–Kier alpha value is -1.69. The number of piperidine rings is 1. The summed E-state index contributed by atoms with van der Waals surface area (Å²) in [6.07, 6.45) is 3.09. The van der Waals surface area contributed by atoms with Crippen molar-refractivity contribution in [1.82, 2.24) is 10.2 Å². The van der Waals surface area contributed by atoms with Gasteiger partial charge in [-0.2, -0.15) is 0 Å². The van der Waals surface area contributed by atoms with Crippen LogP contribution in [0.2, 0.25) is 0 Å². The monoisotopic (exact) mass is 309 g/mol. The molecule has 0 aromatic heterocycles. The van der Waals surface area contributed by atoms with E-state index >= 15 is 0 Å². The van der Waals surface area contributed by atoms with Gasteiger partial charge in [0.2, 0.25) is 5.91 Å². The third-order valence-electron chi connectivity index (χ3n) is 4.45. The van der Waals surface area contributed by atoms with Crippen molar-refractivity contribution in [2.24, 2.45) is 0 Å². The Kier molecular flexibility index (Phi) is 4.57. The fourth-order valence-electron chi connectivity index (χ4n) is 3.18. The minimum atomic E-state index is -0.443. The molecule has 0 aliphatic carbocycles. The highest BCUT2D eigenvalue weighted by molar-refractivity contribution is 5.82. The van der Waals surface area contributed by atoms with Crippen LogP contribution in [0.25, 0.3) is 0 Å². The number of hydrogen-bond acceptors (Lipinski definition) is 3. The van der Waals surface area contributed by atoms with Crippen molar-refractivity contribution < 1.29 is 13.6 Å². The lowest BCUT2D eigenvalue weighted by atomic mass is 10.0. The van der Waals surface area contributed by atoms with Gasteiger partial charge in [-0.3, -0.25) is 4.79 Å². The quantitative estimate of drug-likeness (QED) is 0.904. The molecule has 0 bridgehead atoms. The van der Waals surface area contributed by atoms with Gasteiger partial charge in [0, 0.05) is 32.2 Å². The number of anilines is 1. The first-order chi connectivity index (χ1) is 10.6. The van der Waals surface area contributed by atoms with Crippen molar-refractivity contribution in [1.29, 1.82) is 0 Å². The average molecular weight is 309 g/mol. The summed E-state index contributed by atoms with van der Waals surface area (Å²) in [6, 6.07) is 3.41. The van der Waals surface area contributed by atoms with E-state index in [4.69, 9.17) is 0 Å². The van der Waals surface area contributed by atoms with E-state index < -0.39 is 11.6 Å². The van der Waals surface area contributed by atoms with Crippen LogP contribution in [0.15, 0.2) is 18.2 Å². The zero-order valence-corrected chi connectivity index (χ0v) is 12.5. The third-order valence-corrected chi connectivity index (χ3v) is 4.45. The van der Waals surface area contributed by atoms with Crippen LogP contribution >= 0.6 is 0 Å². The molecule has 1 amide bonds. The molecule has 0 radical (unpaired) electrons. The topological polar surface area (TPSA) is 35.6 Å². The molecule has 2 aliphatic rings. The summed E-state index contributed by atoms with van der Waals surface area (Å²) >= 11 is 0. The maximum Gasteiger partial charge on any atom is 0.239 e. The number of rotatable bonds is 2. The minimum Gasteiger partial charge on any atom is -0.366 e. The zero-order valence-electron chi connectivity index (χ0n) is 12.5. The normalized spacial score (nSPS) is 22.7. The van der Waals surface area contributed by atoms with E-state index in [1.165, 1.54) is 6.07 Å². The Morgan fingerprint density at radius 2 is 1.91 bits per heavy atom. The molecular formula is C16H21F2N3O. The van der Waals surface area contributed by atoms with Crippen LogP contribution in [0.4, 0.5) is 14.5 Å². The van der Waals surface area contributed by atoms with Crippen LogP contribution in [0.3, 0.4) is 0 Å². The first kappa shape index (κ1) is 15.2. The van der Waals surface area contributed by atoms with Crippen molar-refractivity contribution in [3.8, 4) is 0 Å². The predicted octanol–water partition coefficient (Wildman–Crippen LogP) is 1.76. The van der Waals surface area contributed by atoms with Gasteiger partial charge >= 0.3 is 0 Å². The Morgan fingerprint density at radius 1 is 1.14 bits per heavy atom. The van der Waals surface area contributed by atoms with Gasteiger partial charge in [0.05, 0.1) is 11.7 Å². The lowest BCUT2D eigenvalue weighted by Gasteiger charge is -2.38. The summed E-state index contributed by atoms with van der Waals surface area (Å²) < 4.78 is 27.1.